The number of nitriles is 1. The third-order valence-corrected chi connectivity index (χ3v) is 3.80. The van der Waals surface area contributed by atoms with Crippen molar-refractivity contribution in [1.29, 1.82) is 5.26 Å². The average molecular weight is 273 g/mol. The molecule has 4 nitrogen and oxygen atoms in total. The first-order chi connectivity index (χ1) is 9.06. The molecule has 1 N–H and O–H groups in total. The van der Waals surface area contributed by atoms with Crippen LogP contribution in [0.1, 0.15) is 25.3 Å². The fourth-order valence-corrected chi connectivity index (χ4v) is 2.98. The first kappa shape index (κ1) is 13.6. The van der Waals surface area contributed by atoms with Gasteiger partial charge in [0.25, 0.3) is 0 Å². The van der Waals surface area contributed by atoms with Gasteiger partial charge in [0.05, 0.1) is 17.4 Å². The fraction of sp³-hybridized carbons (Fsp3) is 0.357. The van der Waals surface area contributed by atoms with E-state index in [1.54, 1.807) is 12.4 Å². The van der Waals surface area contributed by atoms with Gasteiger partial charge in [-0.2, -0.15) is 17.9 Å². The second-order valence-electron chi connectivity index (χ2n) is 4.60. The summed E-state index contributed by atoms with van der Waals surface area (Å²) < 4.78 is 0. The maximum absolute atomic E-state index is 11.9. The molecule has 0 bridgehead atoms. The number of thiol groups is 1. The quantitative estimate of drug-likeness (QED) is 0.809. The molecule has 1 aromatic heterocycles. The van der Waals surface area contributed by atoms with Crippen molar-refractivity contribution in [3.05, 3.63) is 41.4 Å². The molecule has 0 amide bonds. The van der Waals surface area contributed by atoms with Crippen LogP contribution < -0.4 is 5.32 Å². The number of ketones is 1. The number of rotatable bonds is 2. The van der Waals surface area contributed by atoms with Gasteiger partial charge in [0.15, 0.2) is 5.78 Å². The lowest BCUT2D eigenvalue weighted by molar-refractivity contribution is -0.114. The minimum atomic E-state index is -0.407. The zero-order chi connectivity index (χ0) is 14.0. The Morgan fingerprint density at radius 2 is 2.32 bits per heavy atom. The van der Waals surface area contributed by atoms with Gasteiger partial charge in [0, 0.05) is 29.6 Å². The molecular formula is C14H15N3OS. The molecule has 2 heterocycles. The van der Waals surface area contributed by atoms with Crippen LogP contribution in [0.25, 0.3) is 0 Å². The zero-order valence-corrected chi connectivity index (χ0v) is 11.7. The first-order valence-corrected chi connectivity index (χ1v) is 6.53. The van der Waals surface area contributed by atoms with Gasteiger partial charge in [-0.05, 0) is 25.5 Å². The molecule has 0 saturated heterocycles. The van der Waals surface area contributed by atoms with Gasteiger partial charge in [-0.3, -0.25) is 9.78 Å². The largest absolute Gasteiger partial charge is 0.375 e. The van der Waals surface area contributed by atoms with E-state index in [0.717, 1.165) is 11.3 Å². The molecular weight excluding hydrogens is 258 g/mol. The van der Waals surface area contributed by atoms with E-state index in [4.69, 9.17) is 0 Å². The van der Waals surface area contributed by atoms with Gasteiger partial charge < -0.3 is 5.32 Å². The predicted molar refractivity (Wildman–Crippen MR) is 75.4 cm³/mol. The molecule has 0 aromatic carbocycles. The van der Waals surface area contributed by atoms with Crippen molar-refractivity contribution in [3.8, 4) is 6.07 Å². The van der Waals surface area contributed by atoms with Crippen molar-refractivity contribution in [2.45, 2.75) is 25.1 Å². The predicted octanol–water partition coefficient (Wildman–Crippen LogP) is 2.03. The molecule has 5 heteroatoms. The van der Waals surface area contributed by atoms with Gasteiger partial charge in [0.1, 0.15) is 0 Å². The Bertz CT molecular complexity index is 562. The summed E-state index contributed by atoms with van der Waals surface area (Å²) in [6.45, 7) is 3.37. The highest BCUT2D eigenvalue weighted by Gasteiger charge is 2.38. The maximum Gasteiger partial charge on any atom is 0.158 e. The third kappa shape index (κ3) is 2.49. The summed E-state index contributed by atoms with van der Waals surface area (Å²) in [4.78, 5) is 16.0. The molecule has 3 atom stereocenters. The summed E-state index contributed by atoms with van der Waals surface area (Å²) in [5, 5.41) is 12.2. The summed E-state index contributed by atoms with van der Waals surface area (Å²) in [5.41, 5.74) is 2.30. The van der Waals surface area contributed by atoms with Crippen LogP contribution in [0.4, 0.5) is 0 Å². The lowest BCUT2D eigenvalue weighted by Gasteiger charge is -2.35. The number of hydrogen-bond acceptors (Lipinski definition) is 5. The second kappa shape index (κ2) is 5.45. The van der Waals surface area contributed by atoms with Crippen LogP contribution >= 0.6 is 12.6 Å². The topological polar surface area (TPSA) is 65.8 Å². The van der Waals surface area contributed by atoms with E-state index in [1.165, 1.54) is 6.92 Å². The minimum absolute atomic E-state index is 0.0284. The van der Waals surface area contributed by atoms with E-state index in [9.17, 15) is 10.1 Å². The molecule has 0 spiro atoms. The molecule has 0 radical (unpaired) electrons. The molecule has 1 aliphatic heterocycles. The van der Waals surface area contributed by atoms with Crippen LogP contribution in [0.3, 0.4) is 0 Å². The lowest BCUT2D eigenvalue weighted by Crippen LogP contribution is -2.41. The molecule has 98 valence electrons. The van der Waals surface area contributed by atoms with Crippen molar-refractivity contribution >= 4 is 18.4 Å². The number of hydrogen-bond donors (Lipinski definition) is 2. The van der Waals surface area contributed by atoms with Crippen LogP contribution in [0, 0.1) is 17.2 Å². The van der Waals surface area contributed by atoms with Crippen molar-refractivity contribution in [2.75, 3.05) is 0 Å². The number of pyridine rings is 1. The number of carbonyl (C=O) groups is 1. The molecule has 2 rings (SSSR count). The fourth-order valence-electron chi connectivity index (χ4n) is 2.55. The van der Waals surface area contributed by atoms with E-state index >= 15 is 0 Å². The average Bonchev–Trinajstić information content (AvgIpc) is 2.38. The van der Waals surface area contributed by atoms with Gasteiger partial charge in [0.2, 0.25) is 0 Å². The number of nitrogens with zero attached hydrogens (tertiary/aromatic N) is 2. The number of carbonyl (C=O) groups excluding carboxylic acids is 1. The van der Waals surface area contributed by atoms with E-state index in [1.807, 2.05) is 19.1 Å². The van der Waals surface area contributed by atoms with Crippen molar-refractivity contribution < 1.29 is 4.79 Å². The van der Waals surface area contributed by atoms with E-state index in [2.05, 4.69) is 29.0 Å². The van der Waals surface area contributed by atoms with Crippen LogP contribution in [-0.2, 0) is 4.79 Å². The molecule has 0 unspecified atom stereocenters. The van der Waals surface area contributed by atoms with Crippen LogP contribution in [0.2, 0.25) is 0 Å². The highest BCUT2D eigenvalue weighted by Crippen LogP contribution is 2.39. The molecule has 19 heavy (non-hydrogen) atoms. The van der Waals surface area contributed by atoms with Gasteiger partial charge in [-0.1, -0.05) is 6.07 Å². The summed E-state index contributed by atoms with van der Waals surface area (Å²) in [6, 6.07) is 5.96. The van der Waals surface area contributed by atoms with E-state index in [0.29, 0.717) is 5.57 Å². The van der Waals surface area contributed by atoms with E-state index in [-0.39, 0.29) is 17.1 Å². The number of nitrogens with one attached hydrogen (secondary N) is 1. The standard InChI is InChI=1S/C14H15N3OS/c1-8-12(9(2)18)13(10-4-3-5-16-7-10)11(6-15)14(19)17-8/h3-5,7,11,13-14,17,19H,1-2H3/t11-,13+,14-/m1/s1. The monoisotopic (exact) mass is 273 g/mol. The van der Waals surface area contributed by atoms with Crippen LogP contribution in [0.5, 0.6) is 0 Å². The summed E-state index contributed by atoms with van der Waals surface area (Å²) in [7, 11) is 0. The Morgan fingerprint density at radius 1 is 1.58 bits per heavy atom. The van der Waals surface area contributed by atoms with Crippen molar-refractivity contribution in [2.24, 2.45) is 5.92 Å². The zero-order valence-electron chi connectivity index (χ0n) is 10.8. The smallest absolute Gasteiger partial charge is 0.158 e. The Labute approximate surface area is 117 Å². The Kier molecular flexibility index (Phi) is 3.91. The Balaban J connectivity index is 2.59. The summed E-state index contributed by atoms with van der Waals surface area (Å²) in [6.07, 6.45) is 3.38. The summed E-state index contributed by atoms with van der Waals surface area (Å²) >= 11 is 4.41. The normalized spacial score (nSPS) is 26.5. The second-order valence-corrected chi connectivity index (χ2v) is 5.16. The summed E-state index contributed by atoms with van der Waals surface area (Å²) in [5.74, 6) is -0.714. The number of aromatic nitrogens is 1. The molecule has 0 aliphatic carbocycles. The molecule has 0 saturated carbocycles. The highest BCUT2D eigenvalue weighted by molar-refractivity contribution is 7.80. The Hall–Kier alpha value is -1.80. The van der Waals surface area contributed by atoms with Gasteiger partial charge >= 0.3 is 0 Å². The molecule has 1 aromatic rings. The highest BCUT2D eigenvalue weighted by atomic mass is 32.1. The molecule has 0 fully saturated rings. The van der Waals surface area contributed by atoms with Gasteiger partial charge in [-0.15, -0.1) is 0 Å². The van der Waals surface area contributed by atoms with Crippen LogP contribution in [0.15, 0.2) is 35.8 Å². The van der Waals surface area contributed by atoms with Crippen LogP contribution in [-0.4, -0.2) is 16.1 Å². The lowest BCUT2D eigenvalue weighted by atomic mass is 9.77. The van der Waals surface area contributed by atoms with Gasteiger partial charge in [-0.25, -0.2) is 0 Å². The number of Topliss-reactive ketones (excluding diaryl/α,β-unsaturated/α-hetero) is 1. The SMILES string of the molecule is CC(=O)C1=C(C)N[C@H](S)[C@H](C#N)[C@@H]1c1cccnc1. The van der Waals surface area contributed by atoms with Crippen molar-refractivity contribution in [1.82, 2.24) is 10.3 Å². The number of allylic oxidation sites excluding steroid dienone is 2. The molecule has 1 aliphatic rings. The maximum atomic E-state index is 11.9. The van der Waals surface area contributed by atoms with E-state index < -0.39 is 5.92 Å². The third-order valence-electron chi connectivity index (χ3n) is 3.35. The first-order valence-electron chi connectivity index (χ1n) is 6.02. The minimum Gasteiger partial charge on any atom is -0.375 e. The van der Waals surface area contributed by atoms with Crippen molar-refractivity contribution in [3.63, 3.8) is 0 Å². The Morgan fingerprint density at radius 3 is 2.84 bits per heavy atom.